The number of amides is 1. The zero-order chi connectivity index (χ0) is 17.2. The normalized spacial score (nSPS) is 19.6. The van der Waals surface area contributed by atoms with Crippen molar-refractivity contribution in [1.82, 2.24) is 4.90 Å². The molecule has 2 aliphatic rings. The molecule has 0 radical (unpaired) electrons. The molecule has 1 amide bonds. The van der Waals surface area contributed by atoms with Gasteiger partial charge in [-0.2, -0.15) is 0 Å². The predicted octanol–water partition coefficient (Wildman–Crippen LogP) is 4.88. The molecule has 4 rings (SSSR count). The average molecular weight is 417 g/mol. The van der Waals surface area contributed by atoms with E-state index in [0.29, 0.717) is 0 Å². The zero-order valence-corrected chi connectivity index (χ0v) is 16.5. The molecule has 0 spiro atoms. The molecular weight excluding hydrogens is 396 g/mol. The van der Waals surface area contributed by atoms with Crippen LogP contribution in [-0.4, -0.2) is 37.0 Å². The fourth-order valence-corrected chi connectivity index (χ4v) is 5.02. The van der Waals surface area contributed by atoms with Crippen molar-refractivity contribution in [1.29, 1.82) is 0 Å². The van der Waals surface area contributed by atoms with Gasteiger partial charge >= 0.3 is 0 Å². The Morgan fingerprint density at radius 1 is 1.12 bits per heavy atom. The predicted molar refractivity (Wildman–Crippen MR) is 109 cm³/mol. The maximum Gasteiger partial charge on any atom is 0.259 e. The molecule has 0 N–H and O–H groups in total. The first-order chi connectivity index (χ1) is 12.2. The number of carbonyl (C=O) groups is 1. The Labute approximate surface area is 161 Å². The van der Waals surface area contributed by atoms with Crippen molar-refractivity contribution in [2.24, 2.45) is 0 Å². The number of nitrogens with zero attached hydrogens (tertiary/aromatic N) is 2. The van der Waals surface area contributed by atoms with E-state index >= 15 is 0 Å². The number of likely N-dealkylation sites (tertiary alicyclic amines) is 1. The molecule has 2 aromatic rings. The molecule has 0 atom stereocenters. The van der Waals surface area contributed by atoms with Crippen LogP contribution < -0.4 is 4.90 Å². The molecule has 1 saturated heterocycles. The number of para-hydroxylation sites is 1. The van der Waals surface area contributed by atoms with Crippen molar-refractivity contribution in [3.63, 3.8) is 0 Å². The number of piperidine rings is 1. The number of benzene rings is 1. The number of thiophene rings is 1. The van der Waals surface area contributed by atoms with Crippen LogP contribution in [0.2, 0.25) is 0 Å². The second kappa shape index (κ2) is 7.44. The number of hydrogen-bond donors (Lipinski definition) is 0. The van der Waals surface area contributed by atoms with Gasteiger partial charge in [-0.05, 0) is 60.1 Å². The van der Waals surface area contributed by atoms with Gasteiger partial charge in [-0.3, -0.25) is 4.79 Å². The van der Waals surface area contributed by atoms with Crippen LogP contribution in [0, 0.1) is 0 Å². The van der Waals surface area contributed by atoms with Crippen molar-refractivity contribution in [2.75, 3.05) is 31.1 Å². The summed E-state index contributed by atoms with van der Waals surface area (Å²) in [7, 11) is 0. The Morgan fingerprint density at radius 2 is 1.92 bits per heavy atom. The lowest BCUT2D eigenvalue weighted by molar-refractivity contribution is -0.113. The number of rotatable bonds is 4. The van der Waals surface area contributed by atoms with Crippen LogP contribution in [0.1, 0.15) is 29.7 Å². The molecule has 0 bridgehead atoms. The Bertz CT molecular complexity index is 808. The Balaban J connectivity index is 1.58. The largest absolute Gasteiger partial charge is 0.306 e. The van der Waals surface area contributed by atoms with Crippen LogP contribution in [0.3, 0.4) is 0 Å². The minimum absolute atomic E-state index is 0.128. The number of anilines is 1. The van der Waals surface area contributed by atoms with Crippen LogP contribution in [0.5, 0.6) is 0 Å². The molecule has 25 heavy (non-hydrogen) atoms. The Hall–Kier alpha value is -1.43. The summed E-state index contributed by atoms with van der Waals surface area (Å²) < 4.78 is 1.06. The lowest BCUT2D eigenvalue weighted by Crippen LogP contribution is -2.39. The van der Waals surface area contributed by atoms with Gasteiger partial charge in [-0.1, -0.05) is 24.6 Å². The lowest BCUT2D eigenvalue weighted by atomic mass is 10.1. The standard InChI is InChI=1S/C20H21BrN2OS/c21-15-12-16(25-14-15)13-18-17-6-2-3-7-19(17)23(20(18)24)11-10-22-8-4-1-5-9-22/h2-3,6-7,12-14H,1,4-5,8-11H2/b18-13-. The summed E-state index contributed by atoms with van der Waals surface area (Å²) in [6, 6.07) is 10.2. The van der Waals surface area contributed by atoms with E-state index in [1.807, 2.05) is 28.5 Å². The van der Waals surface area contributed by atoms with Gasteiger partial charge in [0, 0.05) is 33.4 Å². The molecule has 0 unspecified atom stereocenters. The van der Waals surface area contributed by atoms with Gasteiger partial charge < -0.3 is 9.80 Å². The van der Waals surface area contributed by atoms with E-state index in [4.69, 9.17) is 0 Å². The first-order valence-electron chi connectivity index (χ1n) is 8.82. The number of halogens is 1. The summed E-state index contributed by atoms with van der Waals surface area (Å²) in [4.78, 5) is 18.6. The number of carbonyl (C=O) groups excluding carboxylic acids is 1. The van der Waals surface area contributed by atoms with E-state index in [-0.39, 0.29) is 5.91 Å². The second-order valence-electron chi connectivity index (χ2n) is 6.60. The highest BCUT2D eigenvalue weighted by Gasteiger charge is 2.32. The smallest absolute Gasteiger partial charge is 0.259 e. The molecule has 1 fully saturated rings. The average Bonchev–Trinajstić information content (AvgIpc) is 3.16. The van der Waals surface area contributed by atoms with E-state index in [9.17, 15) is 4.79 Å². The summed E-state index contributed by atoms with van der Waals surface area (Å²) in [5, 5.41) is 2.05. The molecule has 1 aromatic carbocycles. The summed E-state index contributed by atoms with van der Waals surface area (Å²) in [5.74, 6) is 0.128. The van der Waals surface area contributed by atoms with Gasteiger partial charge in [-0.25, -0.2) is 0 Å². The van der Waals surface area contributed by atoms with Crippen molar-refractivity contribution >= 4 is 50.5 Å². The van der Waals surface area contributed by atoms with Gasteiger partial charge in [0.2, 0.25) is 0 Å². The van der Waals surface area contributed by atoms with Crippen LogP contribution >= 0.6 is 27.3 Å². The SMILES string of the molecule is O=C1/C(=C\c2cc(Br)cs2)c2ccccc2N1CCN1CCCCC1. The van der Waals surface area contributed by atoms with Crippen molar-refractivity contribution < 1.29 is 4.79 Å². The highest BCUT2D eigenvalue weighted by molar-refractivity contribution is 9.10. The molecule has 3 heterocycles. The molecule has 0 saturated carbocycles. The topological polar surface area (TPSA) is 23.6 Å². The van der Waals surface area contributed by atoms with E-state index in [0.717, 1.165) is 52.4 Å². The Morgan fingerprint density at radius 3 is 2.68 bits per heavy atom. The summed E-state index contributed by atoms with van der Waals surface area (Å²) in [6.45, 7) is 4.05. The third-order valence-electron chi connectivity index (χ3n) is 4.92. The van der Waals surface area contributed by atoms with Crippen molar-refractivity contribution in [2.45, 2.75) is 19.3 Å². The molecule has 3 nitrogen and oxygen atoms in total. The zero-order valence-electron chi connectivity index (χ0n) is 14.1. The van der Waals surface area contributed by atoms with Gasteiger partial charge in [0.1, 0.15) is 0 Å². The summed E-state index contributed by atoms with van der Waals surface area (Å²) in [5.41, 5.74) is 2.91. The Kier molecular flexibility index (Phi) is 5.06. The van der Waals surface area contributed by atoms with Crippen molar-refractivity contribution in [3.8, 4) is 0 Å². The maximum absolute atomic E-state index is 13.1. The van der Waals surface area contributed by atoms with Gasteiger partial charge in [0.25, 0.3) is 5.91 Å². The van der Waals surface area contributed by atoms with Crippen LogP contribution in [-0.2, 0) is 4.79 Å². The van der Waals surface area contributed by atoms with Gasteiger partial charge in [0.05, 0.1) is 11.3 Å². The lowest BCUT2D eigenvalue weighted by Gasteiger charge is -2.28. The molecule has 5 heteroatoms. The van der Waals surface area contributed by atoms with Crippen LogP contribution in [0.15, 0.2) is 40.2 Å². The van der Waals surface area contributed by atoms with E-state index in [1.54, 1.807) is 11.3 Å². The molecule has 1 aromatic heterocycles. The molecule has 2 aliphatic heterocycles. The first-order valence-corrected chi connectivity index (χ1v) is 10.5. The number of hydrogen-bond acceptors (Lipinski definition) is 3. The maximum atomic E-state index is 13.1. The fraction of sp³-hybridized carbons (Fsp3) is 0.350. The highest BCUT2D eigenvalue weighted by atomic mass is 79.9. The quantitative estimate of drug-likeness (QED) is 0.662. The third-order valence-corrected chi connectivity index (χ3v) is 6.56. The third kappa shape index (κ3) is 3.59. The van der Waals surface area contributed by atoms with E-state index < -0.39 is 0 Å². The monoisotopic (exact) mass is 416 g/mol. The first kappa shape index (κ1) is 17.0. The minimum Gasteiger partial charge on any atom is -0.306 e. The second-order valence-corrected chi connectivity index (χ2v) is 8.46. The summed E-state index contributed by atoms with van der Waals surface area (Å²) >= 11 is 5.14. The van der Waals surface area contributed by atoms with Crippen LogP contribution in [0.25, 0.3) is 11.6 Å². The molecule has 130 valence electrons. The van der Waals surface area contributed by atoms with E-state index in [1.165, 1.54) is 19.3 Å². The minimum atomic E-state index is 0.128. The van der Waals surface area contributed by atoms with Gasteiger partial charge in [-0.15, -0.1) is 11.3 Å². The van der Waals surface area contributed by atoms with Crippen LogP contribution in [0.4, 0.5) is 5.69 Å². The van der Waals surface area contributed by atoms with E-state index in [2.05, 4.69) is 39.0 Å². The summed E-state index contributed by atoms with van der Waals surface area (Å²) in [6.07, 6.45) is 5.93. The highest BCUT2D eigenvalue weighted by Crippen LogP contribution is 2.38. The molecule has 0 aliphatic carbocycles. The van der Waals surface area contributed by atoms with Crippen molar-refractivity contribution in [3.05, 3.63) is 50.6 Å². The van der Waals surface area contributed by atoms with Gasteiger partial charge in [0.15, 0.2) is 0 Å². The molecular formula is C20H21BrN2OS. The number of fused-ring (bicyclic) bond motifs is 1. The fourth-order valence-electron chi connectivity index (χ4n) is 3.64.